The van der Waals surface area contributed by atoms with Gasteiger partial charge in [-0.25, -0.2) is 9.97 Å². The van der Waals surface area contributed by atoms with E-state index in [0.717, 1.165) is 0 Å². The van der Waals surface area contributed by atoms with Gasteiger partial charge in [-0.1, -0.05) is 95.5 Å². The molecule has 0 saturated heterocycles. The molecule has 7 heteroatoms. The summed E-state index contributed by atoms with van der Waals surface area (Å²) >= 11 is 17.7. The smallest absolute Gasteiger partial charge is 0.250 e. The fraction of sp³-hybridized carbons (Fsp3) is 0.0556. The molecule has 0 aliphatic carbocycles. The van der Waals surface area contributed by atoms with E-state index in [4.69, 9.17) is 40.5 Å². The molecule has 1 aromatic heterocycles. The summed E-state index contributed by atoms with van der Waals surface area (Å²) in [5.74, 6) is -0.421. The molecule has 0 atom stereocenters. The van der Waals surface area contributed by atoms with Gasteiger partial charge < -0.3 is 5.73 Å². The molecule has 2 N–H and O–H groups in total. The average molecular weight is 393 g/mol. The molecular formula is C18H12Cl3N3O. The molecule has 0 aliphatic rings. The van der Waals surface area contributed by atoms with Crippen LogP contribution in [-0.4, -0.2) is 15.8 Å². The molecule has 2 aromatic carbocycles. The first-order valence-electron chi connectivity index (χ1n) is 7.28. The lowest BCUT2D eigenvalue weighted by Crippen LogP contribution is -2.16. The third kappa shape index (κ3) is 3.76. The van der Waals surface area contributed by atoms with Gasteiger partial charge in [-0.05, 0) is 0 Å². The lowest BCUT2D eigenvalue weighted by Gasteiger charge is -2.16. The van der Waals surface area contributed by atoms with Gasteiger partial charge in [0.15, 0.2) is 11.6 Å². The second kappa shape index (κ2) is 7.00. The monoisotopic (exact) mass is 391 g/mol. The summed E-state index contributed by atoms with van der Waals surface area (Å²) in [6, 6.07) is 17.8. The molecule has 0 spiro atoms. The summed E-state index contributed by atoms with van der Waals surface area (Å²) in [5.41, 5.74) is 7.69. The van der Waals surface area contributed by atoms with E-state index in [1.54, 1.807) is 36.4 Å². The van der Waals surface area contributed by atoms with Crippen LogP contribution in [0.4, 0.5) is 5.82 Å². The van der Waals surface area contributed by atoms with Crippen LogP contribution in [0.2, 0.25) is 0 Å². The zero-order valence-corrected chi connectivity index (χ0v) is 15.1. The van der Waals surface area contributed by atoms with E-state index in [0.29, 0.717) is 16.8 Å². The molecule has 0 saturated carbocycles. The summed E-state index contributed by atoms with van der Waals surface area (Å²) in [4.78, 5) is 21.3. The summed E-state index contributed by atoms with van der Waals surface area (Å²) in [6.07, 6.45) is 0. The minimum atomic E-state index is -1.86. The first-order chi connectivity index (χ1) is 11.9. The Labute approximate surface area is 159 Å². The van der Waals surface area contributed by atoms with Crippen molar-refractivity contribution < 1.29 is 4.79 Å². The van der Waals surface area contributed by atoms with Gasteiger partial charge >= 0.3 is 0 Å². The van der Waals surface area contributed by atoms with Crippen molar-refractivity contribution in [2.75, 3.05) is 5.73 Å². The van der Waals surface area contributed by atoms with Gasteiger partial charge in [0.25, 0.3) is 0 Å². The molecule has 126 valence electrons. The summed E-state index contributed by atoms with van der Waals surface area (Å²) in [5, 5.41) is 0. The number of anilines is 1. The third-order valence-electron chi connectivity index (χ3n) is 3.50. The number of hydrogen-bond acceptors (Lipinski definition) is 4. The number of nitrogens with zero attached hydrogens (tertiary/aromatic N) is 2. The lowest BCUT2D eigenvalue weighted by molar-refractivity contribution is 0.103. The van der Waals surface area contributed by atoms with Crippen LogP contribution in [0.3, 0.4) is 0 Å². The Bertz CT molecular complexity index is 910. The first kappa shape index (κ1) is 17.7. The predicted molar refractivity (Wildman–Crippen MR) is 101 cm³/mol. The maximum absolute atomic E-state index is 13.0. The number of nitrogens with two attached hydrogens (primary N) is 1. The molecule has 0 fully saturated rings. The number of ketones is 1. The van der Waals surface area contributed by atoms with Gasteiger partial charge in [-0.3, -0.25) is 4.79 Å². The largest absolute Gasteiger partial charge is 0.383 e. The summed E-state index contributed by atoms with van der Waals surface area (Å²) < 4.78 is -1.86. The zero-order valence-electron chi connectivity index (χ0n) is 12.8. The van der Waals surface area contributed by atoms with Gasteiger partial charge in [-0.2, -0.15) is 0 Å². The highest BCUT2D eigenvalue weighted by Gasteiger charge is 2.31. The Morgan fingerprint density at radius 3 is 2.00 bits per heavy atom. The van der Waals surface area contributed by atoms with Crippen molar-refractivity contribution in [2.45, 2.75) is 3.79 Å². The molecular weight excluding hydrogens is 381 g/mol. The quantitative estimate of drug-likeness (QED) is 0.514. The standard InChI is InChI=1S/C18H12Cl3N3O/c19-18(20,21)17-23-14(11-7-3-1-4-8-11)13(16(22)24-17)15(25)12-9-5-2-6-10-12/h1-10H,(H2,22,23,24). The SMILES string of the molecule is Nc1nc(C(Cl)(Cl)Cl)nc(-c2ccccc2)c1C(=O)c1ccccc1. The number of rotatable bonds is 3. The summed E-state index contributed by atoms with van der Waals surface area (Å²) in [6.45, 7) is 0. The fourth-order valence-corrected chi connectivity index (χ4v) is 2.62. The van der Waals surface area contributed by atoms with E-state index < -0.39 is 3.79 Å². The number of benzene rings is 2. The van der Waals surface area contributed by atoms with Crippen LogP contribution < -0.4 is 5.73 Å². The molecule has 1 heterocycles. The number of aromatic nitrogens is 2. The van der Waals surface area contributed by atoms with Crippen LogP contribution in [0.1, 0.15) is 21.7 Å². The Balaban J connectivity index is 2.26. The maximum atomic E-state index is 13.0. The molecule has 25 heavy (non-hydrogen) atoms. The number of alkyl halides is 3. The molecule has 0 radical (unpaired) electrons. The molecule has 0 unspecified atom stereocenters. The van der Waals surface area contributed by atoms with Crippen molar-refractivity contribution in [1.29, 1.82) is 0 Å². The number of hydrogen-bond donors (Lipinski definition) is 1. The molecule has 3 rings (SSSR count). The minimum Gasteiger partial charge on any atom is -0.383 e. The molecule has 0 aliphatic heterocycles. The van der Waals surface area contributed by atoms with E-state index in [-0.39, 0.29) is 23.0 Å². The highest BCUT2D eigenvalue weighted by Crippen LogP contribution is 2.38. The number of carbonyl (C=O) groups is 1. The Morgan fingerprint density at radius 2 is 1.44 bits per heavy atom. The zero-order chi connectivity index (χ0) is 18.0. The Morgan fingerprint density at radius 1 is 0.880 bits per heavy atom. The number of carbonyl (C=O) groups excluding carboxylic acids is 1. The fourth-order valence-electron chi connectivity index (χ4n) is 2.37. The van der Waals surface area contributed by atoms with Gasteiger partial charge in [-0.15, -0.1) is 0 Å². The Hall–Kier alpha value is -2.14. The lowest BCUT2D eigenvalue weighted by atomic mass is 9.98. The minimum absolute atomic E-state index is 0.0379. The predicted octanol–water partition coefficient (Wildman–Crippen LogP) is 4.78. The second-order valence-corrected chi connectivity index (χ2v) is 7.50. The van der Waals surface area contributed by atoms with Crippen LogP contribution in [0.5, 0.6) is 0 Å². The number of halogens is 3. The van der Waals surface area contributed by atoms with E-state index in [9.17, 15) is 4.79 Å². The highest BCUT2D eigenvalue weighted by molar-refractivity contribution is 6.66. The van der Waals surface area contributed by atoms with Crippen molar-refractivity contribution in [2.24, 2.45) is 0 Å². The van der Waals surface area contributed by atoms with Crippen molar-refractivity contribution >= 4 is 46.4 Å². The van der Waals surface area contributed by atoms with Gasteiger partial charge in [0.1, 0.15) is 5.82 Å². The van der Waals surface area contributed by atoms with E-state index >= 15 is 0 Å². The van der Waals surface area contributed by atoms with E-state index in [1.165, 1.54) is 0 Å². The van der Waals surface area contributed by atoms with Crippen LogP contribution >= 0.6 is 34.8 Å². The van der Waals surface area contributed by atoms with Gasteiger partial charge in [0.2, 0.25) is 3.79 Å². The highest BCUT2D eigenvalue weighted by atomic mass is 35.6. The first-order valence-corrected chi connectivity index (χ1v) is 8.41. The van der Waals surface area contributed by atoms with E-state index in [1.807, 2.05) is 24.3 Å². The summed E-state index contributed by atoms with van der Waals surface area (Å²) in [7, 11) is 0. The van der Waals surface area contributed by atoms with Crippen molar-refractivity contribution in [3.8, 4) is 11.3 Å². The molecule has 0 bridgehead atoms. The van der Waals surface area contributed by atoms with Crippen molar-refractivity contribution in [1.82, 2.24) is 9.97 Å². The van der Waals surface area contributed by atoms with Crippen LogP contribution in [0.15, 0.2) is 60.7 Å². The molecule has 4 nitrogen and oxygen atoms in total. The van der Waals surface area contributed by atoms with Crippen molar-refractivity contribution in [3.63, 3.8) is 0 Å². The number of nitrogen functional groups attached to an aromatic ring is 1. The van der Waals surface area contributed by atoms with Crippen LogP contribution in [-0.2, 0) is 3.79 Å². The van der Waals surface area contributed by atoms with Crippen LogP contribution in [0.25, 0.3) is 11.3 Å². The van der Waals surface area contributed by atoms with E-state index in [2.05, 4.69) is 9.97 Å². The average Bonchev–Trinajstić information content (AvgIpc) is 2.61. The normalized spacial score (nSPS) is 11.3. The molecule has 3 aromatic rings. The van der Waals surface area contributed by atoms with Gasteiger partial charge in [0, 0.05) is 11.1 Å². The Kier molecular flexibility index (Phi) is 4.95. The third-order valence-corrected chi connectivity index (χ3v) is 4.01. The maximum Gasteiger partial charge on any atom is 0.250 e. The van der Waals surface area contributed by atoms with Crippen LogP contribution in [0, 0.1) is 0 Å². The second-order valence-electron chi connectivity index (χ2n) is 5.21. The van der Waals surface area contributed by atoms with Gasteiger partial charge in [0.05, 0.1) is 11.3 Å². The van der Waals surface area contributed by atoms with Crippen molar-refractivity contribution in [3.05, 3.63) is 77.6 Å². The topological polar surface area (TPSA) is 68.9 Å². The molecule has 0 amide bonds.